The molecule has 2 aromatic carbocycles. The van der Waals surface area contributed by atoms with Gasteiger partial charge in [-0.3, -0.25) is 0 Å². The lowest BCUT2D eigenvalue weighted by molar-refractivity contribution is 0.408. The molecular weight excluding hydrogens is 272 g/mol. The zero-order chi connectivity index (χ0) is 15.6. The van der Waals surface area contributed by atoms with E-state index in [0.29, 0.717) is 5.56 Å². The van der Waals surface area contributed by atoms with Crippen molar-refractivity contribution in [1.29, 1.82) is 0 Å². The number of hydrogen-bond acceptors (Lipinski definition) is 2. The number of ether oxygens (including phenoxy) is 1. The number of halogens is 2. The molecule has 2 aromatic rings. The first kappa shape index (κ1) is 15.4. The van der Waals surface area contributed by atoms with E-state index in [1.807, 2.05) is 26.0 Å². The molecule has 0 aliphatic rings. The topological polar surface area (TPSA) is 21.3 Å². The van der Waals surface area contributed by atoms with E-state index in [2.05, 4.69) is 5.32 Å². The quantitative estimate of drug-likeness (QED) is 0.922. The zero-order valence-electron chi connectivity index (χ0n) is 12.6. The van der Waals surface area contributed by atoms with Gasteiger partial charge in [0.2, 0.25) is 0 Å². The molecule has 112 valence electrons. The maximum Gasteiger partial charge on any atom is 0.163 e. The van der Waals surface area contributed by atoms with E-state index in [4.69, 9.17) is 4.74 Å². The molecule has 2 rings (SSSR count). The number of rotatable bonds is 4. The lowest BCUT2D eigenvalue weighted by Crippen LogP contribution is -2.20. The Kier molecular flexibility index (Phi) is 4.58. The third-order valence-corrected chi connectivity index (χ3v) is 3.60. The molecule has 0 aromatic heterocycles. The van der Waals surface area contributed by atoms with Crippen LogP contribution >= 0.6 is 0 Å². The molecule has 21 heavy (non-hydrogen) atoms. The highest BCUT2D eigenvalue weighted by molar-refractivity contribution is 5.46. The molecule has 0 fully saturated rings. The van der Waals surface area contributed by atoms with Gasteiger partial charge in [-0.2, -0.15) is 0 Å². The monoisotopic (exact) mass is 291 g/mol. The molecule has 1 atom stereocenters. The van der Waals surface area contributed by atoms with Crippen molar-refractivity contribution in [3.8, 4) is 5.75 Å². The summed E-state index contributed by atoms with van der Waals surface area (Å²) in [6.45, 7) is 3.87. The lowest BCUT2D eigenvalue weighted by Gasteiger charge is -2.20. The second-order valence-electron chi connectivity index (χ2n) is 5.05. The standard InChI is InChI=1S/C17H19F2NO/c1-10-8-12(9-11(2)17(10)21-4)16(20-3)13-6-5-7-14(18)15(13)19/h5-9,16,20H,1-4H3. The largest absolute Gasteiger partial charge is 0.496 e. The molecule has 0 spiro atoms. The molecule has 0 aliphatic heterocycles. The molecule has 0 saturated heterocycles. The first-order valence-electron chi connectivity index (χ1n) is 6.76. The molecular formula is C17H19F2NO. The van der Waals surface area contributed by atoms with Crippen molar-refractivity contribution >= 4 is 0 Å². The van der Waals surface area contributed by atoms with Crippen LogP contribution in [0.3, 0.4) is 0 Å². The van der Waals surface area contributed by atoms with E-state index in [1.54, 1.807) is 20.2 Å². The Hall–Kier alpha value is -1.94. The maximum atomic E-state index is 14.0. The summed E-state index contributed by atoms with van der Waals surface area (Å²) in [6, 6.07) is 7.67. The highest BCUT2D eigenvalue weighted by Crippen LogP contribution is 2.31. The Labute approximate surface area is 123 Å². The van der Waals surface area contributed by atoms with Gasteiger partial charge in [-0.1, -0.05) is 24.3 Å². The summed E-state index contributed by atoms with van der Waals surface area (Å²) in [7, 11) is 3.35. The predicted molar refractivity (Wildman–Crippen MR) is 79.7 cm³/mol. The average Bonchev–Trinajstić information content (AvgIpc) is 2.44. The first-order valence-corrected chi connectivity index (χ1v) is 6.76. The molecule has 2 nitrogen and oxygen atoms in total. The number of nitrogens with one attached hydrogen (secondary N) is 1. The summed E-state index contributed by atoms with van der Waals surface area (Å²) in [5.74, 6) is -0.842. The Morgan fingerprint density at radius 1 is 1.10 bits per heavy atom. The van der Waals surface area contributed by atoms with Gasteiger partial charge in [0.15, 0.2) is 11.6 Å². The lowest BCUT2D eigenvalue weighted by atomic mass is 9.94. The minimum absolute atomic E-state index is 0.293. The SMILES string of the molecule is CNC(c1cc(C)c(OC)c(C)c1)c1cccc(F)c1F. The van der Waals surface area contributed by atoms with Crippen LogP contribution in [0.15, 0.2) is 30.3 Å². The Morgan fingerprint density at radius 2 is 1.71 bits per heavy atom. The van der Waals surface area contributed by atoms with Crippen LogP contribution in [0.1, 0.15) is 28.3 Å². The Morgan fingerprint density at radius 3 is 2.24 bits per heavy atom. The zero-order valence-corrected chi connectivity index (χ0v) is 12.6. The third-order valence-electron chi connectivity index (χ3n) is 3.60. The van der Waals surface area contributed by atoms with Crippen molar-refractivity contribution < 1.29 is 13.5 Å². The van der Waals surface area contributed by atoms with Crippen molar-refractivity contribution in [3.63, 3.8) is 0 Å². The van der Waals surface area contributed by atoms with E-state index in [9.17, 15) is 8.78 Å². The van der Waals surface area contributed by atoms with E-state index in [0.717, 1.165) is 28.5 Å². The molecule has 0 heterocycles. The van der Waals surface area contributed by atoms with Gasteiger partial charge in [0, 0.05) is 5.56 Å². The predicted octanol–water partition coefficient (Wildman–Crippen LogP) is 3.90. The molecule has 0 bridgehead atoms. The van der Waals surface area contributed by atoms with Gasteiger partial charge in [-0.15, -0.1) is 0 Å². The van der Waals surface area contributed by atoms with Crippen LogP contribution in [0.4, 0.5) is 8.78 Å². The van der Waals surface area contributed by atoms with Gasteiger partial charge in [0.05, 0.1) is 13.2 Å². The second-order valence-corrected chi connectivity index (χ2v) is 5.05. The first-order chi connectivity index (χ1) is 9.99. The average molecular weight is 291 g/mol. The fraction of sp³-hybridized carbons (Fsp3) is 0.294. The normalized spacial score (nSPS) is 12.3. The summed E-state index contributed by atoms with van der Waals surface area (Å²) >= 11 is 0. The van der Waals surface area contributed by atoms with Crippen molar-refractivity contribution in [2.75, 3.05) is 14.2 Å². The summed E-state index contributed by atoms with van der Waals surface area (Å²) in [4.78, 5) is 0. The van der Waals surface area contributed by atoms with Crippen LogP contribution in [-0.4, -0.2) is 14.2 Å². The molecule has 0 radical (unpaired) electrons. The minimum atomic E-state index is -0.838. The minimum Gasteiger partial charge on any atom is -0.496 e. The van der Waals surface area contributed by atoms with E-state index in [-0.39, 0.29) is 0 Å². The smallest absolute Gasteiger partial charge is 0.163 e. The summed E-state index contributed by atoms with van der Waals surface area (Å²) in [6.07, 6.45) is 0. The fourth-order valence-corrected chi connectivity index (χ4v) is 2.72. The van der Waals surface area contributed by atoms with Crippen molar-refractivity contribution in [1.82, 2.24) is 5.32 Å². The van der Waals surface area contributed by atoms with Gasteiger partial charge >= 0.3 is 0 Å². The van der Waals surface area contributed by atoms with Crippen molar-refractivity contribution in [2.24, 2.45) is 0 Å². The molecule has 0 saturated carbocycles. The van der Waals surface area contributed by atoms with Crippen LogP contribution in [0.2, 0.25) is 0 Å². The van der Waals surface area contributed by atoms with Gasteiger partial charge < -0.3 is 10.1 Å². The summed E-state index contributed by atoms with van der Waals surface area (Å²) < 4.78 is 32.8. The van der Waals surface area contributed by atoms with Gasteiger partial charge in [-0.05, 0) is 43.7 Å². The third kappa shape index (κ3) is 2.90. The van der Waals surface area contributed by atoms with Crippen LogP contribution in [-0.2, 0) is 0 Å². The highest BCUT2D eigenvalue weighted by atomic mass is 19.2. The van der Waals surface area contributed by atoms with E-state index in [1.165, 1.54) is 6.07 Å². The van der Waals surface area contributed by atoms with Gasteiger partial charge in [0.25, 0.3) is 0 Å². The molecule has 1 N–H and O–H groups in total. The van der Waals surface area contributed by atoms with Crippen LogP contribution in [0.5, 0.6) is 5.75 Å². The molecule has 4 heteroatoms. The van der Waals surface area contributed by atoms with E-state index < -0.39 is 17.7 Å². The molecule has 0 amide bonds. The fourth-order valence-electron chi connectivity index (χ4n) is 2.72. The van der Waals surface area contributed by atoms with Crippen molar-refractivity contribution in [3.05, 3.63) is 64.2 Å². The number of aryl methyl sites for hydroxylation is 2. The van der Waals surface area contributed by atoms with Gasteiger partial charge in [0.1, 0.15) is 5.75 Å². The summed E-state index contributed by atoms with van der Waals surface area (Å²) in [5.41, 5.74) is 3.09. The number of hydrogen-bond donors (Lipinski definition) is 1. The van der Waals surface area contributed by atoms with Crippen molar-refractivity contribution in [2.45, 2.75) is 19.9 Å². The number of methoxy groups -OCH3 is 1. The molecule has 0 aliphatic carbocycles. The molecule has 1 unspecified atom stereocenters. The van der Waals surface area contributed by atoms with Crippen LogP contribution in [0, 0.1) is 25.5 Å². The maximum absolute atomic E-state index is 14.0. The van der Waals surface area contributed by atoms with E-state index >= 15 is 0 Å². The van der Waals surface area contributed by atoms with Crippen LogP contribution in [0.25, 0.3) is 0 Å². The van der Waals surface area contributed by atoms with Gasteiger partial charge in [-0.25, -0.2) is 8.78 Å². The second kappa shape index (κ2) is 6.22. The van der Waals surface area contributed by atoms with Crippen LogP contribution < -0.4 is 10.1 Å². The highest BCUT2D eigenvalue weighted by Gasteiger charge is 2.20. The number of benzene rings is 2. The Balaban J connectivity index is 2.54. The summed E-state index contributed by atoms with van der Waals surface area (Å²) in [5, 5.41) is 3.05. The Bertz CT molecular complexity index is 632.